The predicted octanol–water partition coefficient (Wildman–Crippen LogP) is 11.0. The number of halogens is 1. The zero-order chi connectivity index (χ0) is 70.4. The van der Waals surface area contributed by atoms with Gasteiger partial charge in [0.05, 0.1) is 250 Å². The lowest BCUT2D eigenvalue weighted by atomic mass is 10.1. The monoisotopic (exact) mass is 1430 g/mol. The first-order valence-corrected chi connectivity index (χ1v) is 37.3. The third kappa shape index (κ3) is 49.7. The second kappa shape index (κ2) is 61.0. The van der Waals surface area contributed by atoms with Crippen molar-refractivity contribution < 1.29 is 108 Å². The largest absolute Gasteiger partial charge is 0.494 e. The third-order valence-corrected chi connectivity index (χ3v) is 15.5. The fraction of sp³-hybridized carbons (Fsp3) is 0.722. The highest BCUT2D eigenvalue weighted by atomic mass is 31.2. The lowest BCUT2D eigenvalue weighted by molar-refractivity contribution is -0.0304. The van der Waals surface area contributed by atoms with Crippen LogP contribution in [-0.2, 0) is 111 Å². The average molecular weight is 1430 g/mol. The molecular formula is C72H119FN3O22P. The Hall–Kier alpha value is -4.52. The summed E-state index contributed by atoms with van der Waals surface area (Å²) in [6.07, 6.45) is 10.9. The summed E-state index contributed by atoms with van der Waals surface area (Å²) < 4.78 is 145. The fourth-order valence-electron chi connectivity index (χ4n) is 9.22. The second-order valence-electron chi connectivity index (χ2n) is 22.9. The first-order valence-electron chi connectivity index (χ1n) is 35.6. The van der Waals surface area contributed by atoms with Crippen LogP contribution in [0.4, 0.5) is 4.20 Å². The Bertz CT molecular complexity index is 2490. The van der Waals surface area contributed by atoms with E-state index in [1.165, 1.54) is 38.5 Å². The minimum atomic E-state index is -4.05. The molecule has 0 saturated heterocycles. The van der Waals surface area contributed by atoms with Gasteiger partial charge in [0.25, 0.3) is 0 Å². The molecule has 1 heterocycles. The molecule has 4 rings (SSSR count). The molecule has 3 aromatic carbocycles. The maximum atomic E-state index is 13.4. The smallest absolute Gasteiger partial charge is 0.369 e. The van der Waals surface area contributed by atoms with Crippen LogP contribution in [0.1, 0.15) is 106 Å². The van der Waals surface area contributed by atoms with E-state index in [1.807, 2.05) is 24.4 Å². The molecule has 4 aromatic rings. The average Bonchev–Trinajstić information content (AvgIpc) is 1.79. The summed E-state index contributed by atoms with van der Waals surface area (Å²) in [5.74, 6) is 3.09. The third-order valence-electron chi connectivity index (χ3n) is 14.1. The van der Waals surface area contributed by atoms with E-state index in [1.54, 1.807) is 11.6 Å². The molecule has 0 bridgehead atoms. The van der Waals surface area contributed by atoms with Gasteiger partial charge in [0.2, 0.25) is 0 Å². The van der Waals surface area contributed by atoms with Crippen LogP contribution in [0, 0.1) is 13.8 Å². The standard InChI is InChI=1S/C72H119FN3O22P/c1-6-9-11-13-15-94-69-51-63(4)49-66(55-69)60-96-71-53-65(54-72(57-71)97-61-67-50-64(5)52-70(56-67)95-16-14-12-10-7-2)58-76-59-68(74-75-76)62-93-46-45-91-42-41-89-38-37-87-34-33-85-30-29-83-26-25-81-22-21-79-18-17-78-19-20-80-23-24-82-27-28-84-31-32-86-35-36-88-39-40-90-43-44-92-47-48-99(73,77)98-8-3/h49-57,59H,6-48,58,60-62H2,1-5H3. The van der Waals surface area contributed by atoms with Gasteiger partial charge in [-0.25, -0.2) is 4.68 Å². The Balaban J connectivity index is 0.892. The molecule has 0 aliphatic heterocycles. The van der Waals surface area contributed by atoms with Gasteiger partial charge in [-0.1, -0.05) is 69.7 Å². The van der Waals surface area contributed by atoms with Gasteiger partial charge in [-0.3, -0.25) is 4.57 Å². The van der Waals surface area contributed by atoms with Gasteiger partial charge in [-0.15, -0.1) is 5.10 Å². The van der Waals surface area contributed by atoms with Crippen LogP contribution in [-0.4, -0.2) is 246 Å². The number of hydrogen-bond donors (Lipinski definition) is 0. The van der Waals surface area contributed by atoms with E-state index in [-0.39, 0.29) is 26.0 Å². The molecule has 0 radical (unpaired) electrons. The summed E-state index contributed by atoms with van der Waals surface area (Å²) in [7, 11) is -4.05. The van der Waals surface area contributed by atoms with Gasteiger partial charge < -0.3 is 99.3 Å². The van der Waals surface area contributed by atoms with Crippen LogP contribution in [0.3, 0.4) is 0 Å². The van der Waals surface area contributed by atoms with E-state index in [4.69, 9.17) is 94.7 Å². The molecule has 0 amide bonds. The van der Waals surface area contributed by atoms with Crippen molar-refractivity contribution in [2.75, 3.05) is 231 Å². The Morgan fingerprint density at radius 2 is 0.657 bits per heavy atom. The van der Waals surface area contributed by atoms with E-state index in [9.17, 15) is 8.76 Å². The Kier molecular flexibility index (Phi) is 53.5. The molecule has 0 aliphatic carbocycles. The van der Waals surface area contributed by atoms with Crippen LogP contribution in [0.5, 0.6) is 23.0 Å². The van der Waals surface area contributed by atoms with Crippen LogP contribution >= 0.6 is 7.68 Å². The van der Waals surface area contributed by atoms with Crippen LogP contribution in [0.2, 0.25) is 0 Å². The van der Waals surface area contributed by atoms with E-state index in [2.05, 4.69) is 78.9 Å². The van der Waals surface area contributed by atoms with Crippen molar-refractivity contribution in [3.63, 3.8) is 0 Å². The molecule has 0 aliphatic rings. The summed E-state index contributed by atoms with van der Waals surface area (Å²) in [5, 5.41) is 8.76. The summed E-state index contributed by atoms with van der Waals surface area (Å²) >= 11 is 0. The summed E-state index contributed by atoms with van der Waals surface area (Å²) in [6, 6.07) is 18.5. The zero-order valence-electron chi connectivity index (χ0n) is 60.2. The van der Waals surface area contributed by atoms with Gasteiger partial charge in [0.1, 0.15) is 41.9 Å². The van der Waals surface area contributed by atoms with Crippen LogP contribution in [0.15, 0.2) is 60.8 Å². The highest BCUT2D eigenvalue weighted by molar-refractivity contribution is 7.53. The molecule has 0 fully saturated rings. The number of rotatable bonds is 72. The van der Waals surface area contributed by atoms with Crippen molar-refractivity contribution in [1.29, 1.82) is 0 Å². The van der Waals surface area contributed by atoms with E-state index in [0.717, 1.165) is 52.2 Å². The summed E-state index contributed by atoms with van der Waals surface area (Å²) in [6.45, 7) is 26.5. The Morgan fingerprint density at radius 1 is 0.343 bits per heavy atom. The molecule has 27 heteroatoms. The SMILES string of the molecule is CCCCCCOc1cc(C)cc(COc2cc(Cn3cc(COCCOCCOCCOCCOCCOCCOCCOCCOCCOCCOCCOCCOCCOCCOCCOCCP(=O)(F)OCC)nn3)cc(OCc3cc(C)cc(OCCCCCC)c3)c2)c1. The van der Waals surface area contributed by atoms with Gasteiger partial charge in [-0.2, -0.15) is 4.20 Å². The predicted molar refractivity (Wildman–Crippen MR) is 373 cm³/mol. The first kappa shape index (κ1) is 86.9. The van der Waals surface area contributed by atoms with Gasteiger partial charge in [0, 0.05) is 6.07 Å². The number of benzene rings is 3. The fourth-order valence-corrected chi connectivity index (χ4v) is 10.1. The molecule has 99 heavy (non-hydrogen) atoms. The number of aryl methyl sites for hydroxylation is 2. The number of unbranched alkanes of at least 4 members (excludes halogenated alkanes) is 6. The molecule has 566 valence electrons. The molecule has 0 saturated carbocycles. The van der Waals surface area contributed by atoms with Gasteiger partial charge in [0.15, 0.2) is 0 Å². The molecule has 1 atom stereocenters. The molecule has 1 aromatic heterocycles. The minimum Gasteiger partial charge on any atom is -0.494 e. The van der Waals surface area contributed by atoms with Crippen LogP contribution < -0.4 is 18.9 Å². The highest BCUT2D eigenvalue weighted by Crippen LogP contribution is 2.48. The van der Waals surface area contributed by atoms with Crippen molar-refractivity contribution in [2.45, 2.75) is 112 Å². The molecule has 0 N–H and O–H groups in total. The molecule has 0 spiro atoms. The first-order chi connectivity index (χ1) is 48.6. The van der Waals surface area contributed by atoms with Crippen molar-refractivity contribution in [1.82, 2.24) is 15.0 Å². The van der Waals surface area contributed by atoms with Crippen molar-refractivity contribution in [3.05, 3.63) is 94.3 Å². The Morgan fingerprint density at radius 3 is 0.990 bits per heavy atom. The van der Waals surface area contributed by atoms with Gasteiger partial charge in [-0.05, 0) is 97.8 Å². The van der Waals surface area contributed by atoms with E-state index in [0.29, 0.717) is 248 Å². The van der Waals surface area contributed by atoms with Gasteiger partial charge >= 0.3 is 7.68 Å². The summed E-state index contributed by atoms with van der Waals surface area (Å²) in [5.41, 5.74) is 5.96. The lowest BCUT2D eigenvalue weighted by Crippen LogP contribution is -2.16. The number of nitrogens with zero attached hydrogens (tertiary/aromatic N) is 3. The Labute approximate surface area is 588 Å². The van der Waals surface area contributed by atoms with E-state index < -0.39 is 7.68 Å². The second-order valence-corrected chi connectivity index (χ2v) is 24.8. The highest BCUT2D eigenvalue weighted by Gasteiger charge is 2.20. The molecule has 1 unspecified atom stereocenters. The van der Waals surface area contributed by atoms with E-state index >= 15 is 0 Å². The number of hydrogen-bond acceptors (Lipinski definition) is 24. The van der Waals surface area contributed by atoms with Crippen molar-refractivity contribution in [3.8, 4) is 23.0 Å². The maximum absolute atomic E-state index is 13.4. The topological polar surface area (TPSA) is 242 Å². The minimum absolute atomic E-state index is 0.0149. The molecule has 25 nitrogen and oxygen atoms in total. The van der Waals surface area contributed by atoms with Crippen LogP contribution in [0.25, 0.3) is 0 Å². The maximum Gasteiger partial charge on any atom is 0.369 e. The van der Waals surface area contributed by atoms with Crippen molar-refractivity contribution in [2.24, 2.45) is 0 Å². The number of ether oxygens (including phenoxy) is 20. The number of aromatic nitrogens is 3. The normalized spacial score (nSPS) is 12.2. The quantitative estimate of drug-likeness (QED) is 0.0295. The van der Waals surface area contributed by atoms with Crippen molar-refractivity contribution >= 4 is 7.68 Å². The lowest BCUT2D eigenvalue weighted by Gasteiger charge is -2.15. The summed E-state index contributed by atoms with van der Waals surface area (Å²) in [4.78, 5) is 0. The zero-order valence-corrected chi connectivity index (χ0v) is 61.1. The molecular weight excluding hydrogens is 1310 g/mol.